The second-order valence-electron chi connectivity index (χ2n) is 3.73. The molecule has 2 N–H and O–H groups in total. The molecule has 1 aliphatic heterocycles. The van der Waals surface area contributed by atoms with Gasteiger partial charge in [-0.15, -0.1) is 0 Å². The highest BCUT2D eigenvalue weighted by atomic mass is 16.5. The number of carbonyl (C=O) groups excluding carboxylic acids is 2. The van der Waals surface area contributed by atoms with Gasteiger partial charge in [0.1, 0.15) is 6.54 Å². The molecule has 0 aromatic rings. The second kappa shape index (κ2) is 5.70. The summed E-state index contributed by atoms with van der Waals surface area (Å²) < 4.78 is 4.71. The van der Waals surface area contributed by atoms with Crippen LogP contribution in [0.15, 0.2) is 0 Å². The molecule has 5 heteroatoms. The van der Waals surface area contributed by atoms with E-state index in [0.29, 0.717) is 12.5 Å². The van der Waals surface area contributed by atoms with E-state index < -0.39 is 0 Å². The molecular formula is C10H18N2O3. The molecule has 15 heavy (non-hydrogen) atoms. The van der Waals surface area contributed by atoms with E-state index in [1.807, 2.05) is 6.92 Å². The van der Waals surface area contributed by atoms with Crippen molar-refractivity contribution in [3.8, 4) is 0 Å². The van der Waals surface area contributed by atoms with Crippen molar-refractivity contribution < 1.29 is 14.3 Å². The number of hydrogen-bond acceptors (Lipinski definition) is 4. The average Bonchev–Trinajstić information content (AvgIpc) is 2.11. The van der Waals surface area contributed by atoms with Crippen molar-refractivity contribution >= 4 is 11.9 Å². The molecule has 1 heterocycles. The molecule has 0 bridgehead atoms. The summed E-state index contributed by atoms with van der Waals surface area (Å²) in [6, 6.07) is 0. The van der Waals surface area contributed by atoms with Gasteiger partial charge in [-0.3, -0.25) is 9.59 Å². The fraction of sp³-hybridized carbons (Fsp3) is 0.800. The lowest BCUT2D eigenvalue weighted by Gasteiger charge is -2.31. The highest BCUT2D eigenvalue weighted by Crippen LogP contribution is 2.15. The van der Waals surface area contributed by atoms with Crippen LogP contribution in [0.4, 0.5) is 0 Å². The maximum atomic E-state index is 11.5. The van der Waals surface area contributed by atoms with Crippen molar-refractivity contribution in [3.63, 3.8) is 0 Å². The molecule has 0 aromatic carbocycles. The highest BCUT2D eigenvalue weighted by Gasteiger charge is 2.28. The zero-order chi connectivity index (χ0) is 11.3. The van der Waals surface area contributed by atoms with Crippen molar-refractivity contribution in [1.29, 1.82) is 0 Å². The Morgan fingerprint density at radius 3 is 2.67 bits per heavy atom. The summed E-state index contributed by atoms with van der Waals surface area (Å²) in [5.41, 5.74) is 0. The van der Waals surface area contributed by atoms with E-state index in [0.717, 1.165) is 13.1 Å². The smallest absolute Gasteiger partial charge is 0.325 e. The summed E-state index contributed by atoms with van der Waals surface area (Å²) in [7, 11) is 0. The number of rotatable bonds is 5. The number of hydrogen-bond donors (Lipinski definition) is 2. The summed E-state index contributed by atoms with van der Waals surface area (Å²) in [5, 5.41) is 5.69. The van der Waals surface area contributed by atoms with Crippen LogP contribution >= 0.6 is 0 Å². The van der Waals surface area contributed by atoms with Crippen LogP contribution in [-0.2, 0) is 14.3 Å². The Morgan fingerprint density at radius 1 is 1.53 bits per heavy atom. The van der Waals surface area contributed by atoms with E-state index in [1.54, 1.807) is 6.92 Å². The first-order valence-electron chi connectivity index (χ1n) is 5.29. The summed E-state index contributed by atoms with van der Waals surface area (Å²) in [5.74, 6) is -0.104. The molecule has 0 aromatic heterocycles. The van der Waals surface area contributed by atoms with Crippen LogP contribution in [0.25, 0.3) is 0 Å². The molecular weight excluding hydrogens is 196 g/mol. The maximum Gasteiger partial charge on any atom is 0.325 e. The van der Waals surface area contributed by atoms with Crippen LogP contribution in [-0.4, -0.2) is 38.1 Å². The summed E-state index contributed by atoms with van der Waals surface area (Å²) in [4.78, 5) is 22.5. The summed E-state index contributed by atoms with van der Waals surface area (Å²) in [6.45, 7) is 5.70. The SMILES string of the molecule is CCOC(=O)CNC(=O)C(C)C1CNC1. The fourth-order valence-corrected chi connectivity index (χ4v) is 1.41. The van der Waals surface area contributed by atoms with Crippen molar-refractivity contribution in [2.24, 2.45) is 11.8 Å². The lowest BCUT2D eigenvalue weighted by atomic mass is 9.88. The Bertz CT molecular complexity index is 239. The number of nitrogens with one attached hydrogen (secondary N) is 2. The number of ether oxygens (including phenoxy) is 1. The molecule has 86 valence electrons. The molecule has 0 saturated carbocycles. The van der Waals surface area contributed by atoms with Gasteiger partial charge in [0.05, 0.1) is 6.61 Å². The van der Waals surface area contributed by atoms with Crippen LogP contribution in [0.2, 0.25) is 0 Å². The lowest BCUT2D eigenvalue weighted by molar-refractivity contribution is -0.144. The normalized spacial score (nSPS) is 17.7. The van der Waals surface area contributed by atoms with Crippen LogP contribution in [0.3, 0.4) is 0 Å². The molecule has 1 aliphatic rings. The van der Waals surface area contributed by atoms with E-state index in [4.69, 9.17) is 4.74 Å². The molecule has 0 aliphatic carbocycles. The van der Waals surface area contributed by atoms with Gasteiger partial charge in [0, 0.05) is 5.92 Å². The molecule has 1 rings (SSSR count). The minimum Gasteiger partial charge on any atom is -0.465 e. The van der Waals surface area contributed by atoms with Crippen molar-refractivity contribution in [2.75, 3.05) is 26.2 Å². The number of esters is 1. The van der Waals surface area contributed by atoms with Crippen molar-refractivity contribution in [3.05, 3.63) is 0 Å². The predicted octanol–water partition coefficient (Wildman–Crippen LogP) is -0.479. The molecule has 1 atom stereocenters. The Kier molecular flexibility index (Phi) is 4.55. The Balaban J connectivity index is 2.19. The fourth-order valence-electron chi connectivity index (χ4n) is 1.41. The van der Waals surface area contributed by atoms with Crippen LogP contribution in [0.5, 0.6) is 0 Å². The van der Waals surface area contributed by atoms with E-state index >= 15 is 0 Å². The maximum absolute atomic E-state index is 11.5. The topological polar surface area (TPSA) is 67.4 Å². The zero-order valence-electron chi connectivity index (χ0n) is 9.21. The standard InChI is InChI=1S/C10H18N2O3/c1-3-15-9(13)6-12-10(14)7(2)8-4-11-5-8/h7-8,11H,3-6H2,1-2H3,(H,12,14). The minimum atomic E-state index is -0.384. The Labute approximate surface area is 89.6 Å². The summed E-state index contributed by atoms with van der Waals surface area (Å²) in [6.07, 6.45) is 0. The van der Waals surface area contributed by atoms with Crippen molar-refractivity contribution in [1.82, 2.24) is 10.6 Å². The average molecular weight is 214 g/mol. The van der Waals surface area contributed by atoms with Gasteiger partial charge >= 0.3 is 5.97 Å². The minimum absolute atomic E-state index is 0.0306. The lowest BCUT2D eigenvalue weighted by Crippen LogP contribution is -2.50. The third-order valence-electron chi connectivity index (χ3n) is 2.65. The molecule has 1 saturated heterocycles. The van der Waals surface area contributed by atoms with Gasteiger partial charge in [-0.25, -0.2) is 0 Å². The van der Waals surface area contributed by atoms with Gasteiger partial charge in [-0.05, 0) is 25.9 Å². The third-order valence-corrected chi connectivity index (χ3v) is 2.65. The molecule has 5 nitrogen and oxygen atoms in total. The highest BCUT2D eigenvalue weighted by molar-refractivity contribution is 5.83. The van der Waals surface area contributed by atoms with E-state index in [2.05, 4.69) is 10.6 Å². The number of amides is 1. The monoisotopic (exact) mass is 214 g/mol. The first-order valence-corrected chi connectivity index (χ1v) is 5.29. The Morgan fingerprint density at radius 2 is 2.20 bits per heavy atom. The van der Waals surface area contributed by atoms with E-state index in [9.17, 15) is 9.59 Å². The van der Waals surface area contributed by atoms with Crippen molar-refractivity contribution in [2.45, 2.75) is 13.8 Å². The number of carbonyl (C=O) groups is 2. The quantitative estimate of drug-likeness (QED) is 0.607. The van der Waals surface area contributed by atoms with Crippen LogP contribution < -0.4 is 10.6 Å². The Hall–Kier alpha value is -1.10. The van der Waals surface area contributed by atoms with Gasteiger partial charge < -0.3 is 15.4 Å². The second-order valence-corrected chi connectivity index (χ2v) is 3.73. The molecule has 0 radical (unpaired) electrons. The largest absolute Gasteiger partial charge is 0.465 e. The van der Waals surface area contributed by atoms with Crippen LogP contribution in [0, 0.1) is 11.8 Å². The van der Waals surface area contributed by atoms with Gasteiger partial charge in [-0.1, -0.05) is 6.92 Å². The molecule has 1 amide bonds. The molecule has 1 fully saturated rings. The first-order chi connectivity index (χ1) is 7.15. The zero-order valence-corrected chi connectivity index (χ0v) is 9.21. The third kappa shape index (κ3) is 3.51. The van der Waals surface area contributed by atoms with Gasteiger partial charge in [0.2, 0.25) is 5.91 Å². The van der Waals surface area contributed by atoms with E-state index in [1.165, 1.54) is 0 Å². The first kappa shape index (κ1) is 12.0. The van der Waals surface area contributed by atoms with Gasteiger partial charge in [0.25, 0.3) is 0 Å². The summed E-state index contributed by atoms with van der Waals surface area (Å²) >= 11 is 0. The van der Waals surface area contributed by atoms with Gasteiger partial charge in [-0.2, -0.15) is 0 Å². The predicted molar refractivity (Wildman–Crippen MR) is 55.2 cm³/mol. The van der Waals surface area contributed by atoms with E-state index in [-0.39, 0.29) is 24.3 Å². The van der Waals surface area contributed by atoms with Gasteiger partial charge in [0.15, 0.2) is 0 Å². The molecule has 1 unspecified atom stereocenters. The van der Waals surface area contributed by atoms with Crippen LogP contribution in [0.1, 0.15) is 13.8 Å². The molecule has 0 spiro atoms.